The largest absolute Gasteiger partial charge is 0.396 e. The molecule has 1 fully saturated rings. The molecule has 1 saturated heterocycles. The maximum absolute atomic E-state index is 9.55. The normalized spacial score (nSPS) is 18.0. The number of ether oxygens (including phenoxy) is 4. The summed E-state index contributed by atoms with van der Waals surface area (Å²) < 4.78 is 21.8. The average molecular weight is 304 g/mol. The van der Waals surface area contributed by atoms with Crippen LogP contribution in [0.3, 0.4) is 0 Å². The van der Waals surface area contributed by atoms with Crippen LogP contribution in [-0.2, 0) is 18.9 Å². The molecule has 0 bridgehead atoms. The average Bonchev–Trinajstić information content (AvgIpc) is 2.53. The van der Waals surface area contributed by atoms with Crippen molar-refractivity contribution in [3.63, 3.8) is 0 Å². The summed E-state index contributed by atoms with van der Waals surface area (Å²) in [4.78, 5) is 0. The number of hydrogen-bond donors (Lipinski definition) is 1. The van der Waals surface area contributed by atoms with Gasteiger partial charge in [-0.25, -0.2) is 0 Å². The SMILES string of the molecule is CCCCOCCOCCOCCC1(CO)CCOCC1. The fourth-order valence-corrected chi connectivity index (χ4v) is 2.37. The van der Waals surface area contributed by atoms with Gasteiger partial charge in [-0.1, -0.05) is 13.3 Å². The van der Waals surface area contributed by atoms with Crippen LogP contribution in [0.1, 0.15) is 39.0 Å². The Morgan fingerprint density at radius 1 is 0.905 bits per heavy atom. The molecule has 1 N–H and O–H groups in total. The van der Waals surface area contributed by atoms with Crippen molar-refractivity contribution in [1.29, 1.82) is 0 Å². The molecule has 21 heavy (non-hydrogen) atoms. The van der Waals surface area contributed by atoms with Gasteiger partial charge < -0.3 is 24.1 Å². The first kappa shape index (κ1) is 18.8. The quantitative estimate of drug-likeness (QED) is 0.528. The van der Waals surface area contributed by atoms with E-state index in [1.54, 1.807) is 0 Å². The van der Waals surface area contributed by atoms with Gasteiger partial charge >= 0.3 is 0 Å². The van der Waals surface area contributed by atoms with Crippen molar-refractivity contribution in [3.8, 4) is 0 Å². The number of unbranched alkanes of at least 4 members (excludes halogenated alkanes) is 1. The molecule has 1 aliphatic heterocycles. The Labute approximate surface area is 128 Å². The zero-order valence-electron chi connectivity index (χ0n) is 13.5. The molecule has 0 aromatic rings. The maximum atomic E-state index is 9.55. The van der Waals surface area contributed by atoms with Crippen LogP contribution in [0.25, 0.3) is 0 Å². The molecule has 1 aliphatic rings. The van der Waals surface area contributed by atoms with Crippen LogP contribution in [0.15, 0.2) is 0 Å². The van der Waals surface area contributed by atoms with Crippen molar-refractivity contribution < 1.29 is 24.1 Å². The highest BCUT2D eigenvalue weighted by molar-refractivity contribution is 4.80. The number of rotatable bonds is 13. The van der Waals surface area contributed by atoms with Crippen molar-refractivity contribution in [1.82, 2.24) is 0 Å². The highest BCUT2D eigenvalue weighted by atomic mass is 16.5. The minimum Gasteiger partial charge on any atom is -0.396 e. The van der Waals surface area contributed by atoms with Crippen molar-refractivity contribution in [2.75, 3.05) is 59.5 Å². The third kappa shape index (κ3) is 8.73. The van der Waals surface area contributed by atoms with E-state index < -0.39 is 0 Å². The lowest BCUT2D eigenvalue weighted by Gasteiger charge is -2.35. The molecule has 1 rings (SSSR count). The van der Waals surface area contributed by atoms with E-state index in [1.165, 1.54) is 0 Å². The fraction of sp³-hybridized carbons (Fsp3) is 1.00. The van der Waals surface area contributed by atoms with Gasteiger partial charge in [-0.15, -0.1) is 0 Å². The number of aliphatic hydroxyl groups is 1. The molecule has 0 aromatic heterocycles. The molecule has 126 valence electrons. The molecular weight excluding hydrogens is 272 g/mol. The Hall–Kier alpha value is -0.200. The van der Waals surface area contributed by atoms with Gasteiger partial charge in [-0.05, 0) is 25.7 Å². The predicted octanol–water partition coefficient (Wildman–Crippen LogP) is 2.02. The van der Waals surface area contributed by atoms with Crippen LogP contribution in [-0.4, -0.2) is 64.6 Å². The van der Waals surface area contributed by atoms with E-state index >= 15 is 0 Å². The van der Waals surface area contributed by atoms with Gasteiger partial charge in [0.05, 0.1) is 26.4 Å². The van der Waals surface area contributed by atoms with Crippen LogP contribution < -0.4 is 0 Å². The molecule has 0 aromatic carbocycles. The van der Waals surface area contributed by atoms with Gasteiger partial charge in [-0.3, -0.25) is 0 Å². The minimum atomic E-state index is 0.00618. The molecule has 0 saturated carbocycles. The topological polar surface area (TPSA) is 57.2 Å². The Morgan fingerprint density at radius 2 is 1.48 bits per heavy atom. The third-order valence-electron chi connectivity index (χ3n) is 4.05. The summed E-state index contributed by atoms with van der Waals surface area (Å²) in [5.41, 5.74) is 0.00618. The molecular formula is C16H32O5. The smallest absolute Gasteiger partial charge is 0.0701 e. The van der Waals surface area contributed by atoms with E-state index in [0.717, 1.165) is 51.9 Å². The second-order valence-corrected chi connectivity index (χ2v) is 5.71. The van der Waals surface area contributed by atoms with E-state index in [9.17, 15) is 5.11 Å². The van der Waals surface area contributed by atoms with Crippen LogP contribution in [0.5, 0.6) is 0 Å². The molecule has 0 atom stereocenters. The number of hydrogen-bond acceptors (Lipinski definition) is 5. The lowest BCUT2D eigenvalue weighted by molar-refractivity contribution is -0.0408. The van der Waals surface area contributed by atoms with Crippen LogP contribution in [0, 0.1) is 5.41 Å². The molecule has 0 spiro atoms. The van der Waals surface area contributed by atoms with Gasteiger partial charge in [0.2, 0.25) is 0 Å². The molecule has 5 nitrogen and oxygen atoms in total. The first-order valence-electron chi connectivity index (χ1n) is 8.25. The highest BCUT2D eigenvalue weighted by Crippen LogP contribution is 2.33. The van der Waals surface area contributed by atoms with Crippen molar-refractivity contribution in [2.45, 2.75) is 39.0 Å². The van der Waals surface area contributed by atoms with Gasteiger partial charge in [0, 0.05) is 38.4 Å². The Morgan fingerprint density at radius 3 is 2.05 bits per heavy atom. The standard InChI is InChI=1S/C16H32O5/c1-2-3-7-18-11-13-21-14-12-20-10-6-16(15-17)4-8-19-9-5-16/h17H,2-15H2,1H3. The molecule has 5 heteroatoms. The number of aliphatic hydroxyl groups excluding tert-OH is 1. The predicted molar refractivity (Wildman–Crippen MR) is 81.6 cm³/mol. The summed E-state index contributed by atoms with van der Waals surface area (Å²) >= 11 is 0. The Kier molecular flexibility index (Phi) is 11.1. The summed E-state index contributed by atoms with van der Waals surface area (Å²) in [6, 6.07) is 0. The summed E-state index contributed by atoms with van der Waals surface area (Å²) in [5.74, 6) is 0. The monoisotopic (exact) mass is 304 g/mol. The van der Waals surface area contributed by atoms with Crippen LogP contribution in [0.4, 0.5) is 0 Å². The summed E-state index contributed by atoms with van der Waals surface area (Å²) in [7, 11) is 0. The zero-order valence-corrected chi connectivity index (χ0v) is 13.5. The zero-order chi connectivity index (χ0) is 15.2. The van der Waals surface area contributed by atoms with E-state index in [2.05, 4.69) is 6.92 Å². The van der Waals surface area contributed by atoms with Crippen molar-refractivity contribution in [3.05, 3.63) is 0 Å². The second kappa shape index (κ2) is 12.4. The third-order valence-corrected chi connectivity index (χ3v) is 4.05. The van der Waals surface area contributed by atoms with Crippen molar-refractivity contribution >= 4 is 0 Å². The fourth-order valence-electron chi connectivity index (χ4n) is 2.37. The van der Waals surface area contributed by atoms with Gasteiger partial charge in [0.25, 0.3) is 0 Å². The summed E-state index contributed by atoms with van der Waals surface area (Å²) in [5, 5.41) is 9.55. The summed E-state index contributed by atoms with van der Waals surface area (Å²) in [6.07, 6.45) is 5.03. The molecule has 0 amide bonds. The molecule has 0 radical (unpaired) electrons. The second-order valence-electron chi connectivity index (χ2n) is 5.71. The lowest BCUT2D eigenvalue weighted by Crippen LogP contribution is -2.34. The maximum Gasteiger partial charge on any atom is 0.0701 e. The molecule has 1 heterocycles. The van der Waals surface area contributed by atoms with E-state index in [0.29, 0.717) is 33.0 Å². The van der Waals surface area contributed by atoms with Gasteiger partial charge in [0.1, 0.15) is 0 Å². The lowest BCUT2D eigenvalue weighted by atomic mass is 9.78. The Bertz CT molecular complexity index is 229. The van der Waals surface area contributed by atoms with E-state index in [4.69, 9.17) is 18.9 Å². The Balaban J connectivity index is 1.87. The van der Waals surface area contributed by atoms with Gasteiger partial charge in [0.15, 0.2) is 0 Å². The molecule has 0 unspecified atom stereocenters. The van der Waals surface area contributed by atoms with E-state index in [-0.39, 0.29) is 12.0 Å². The van der Waals surface area contributed by atoms with Crippen LogP contribution in [0.2, 0.25) is 0 Å². The van der Waals surface area contributed by atoms with Crippen LogP contribution >= 0.6 is 0 Å². The highest BCUT2D eigenvalue weighted by Gasteiger charge is 2.31. The van der Waals surface area contributed by atoms with Gasteiger partial charge in [-0.2, -0.15) is 0 Å². The summed E-state index contributed by atoms with van der Waals surface area (Å²) in [6.45, 7) is 7.88. The minimum absolute atomic E-state index is 0.00618. The molecule has 0 aliphatic carbocycles. The van der Waals surface area contributed by atoms with Crippen molar-refractivity contribution in [2.24, 2.45) is 5.41 Å². The van der Waals surface area contributed by atoms with E-state index in [1.807, 2.05) is 0 Å². The first-order chi connectivity index (χ1) is 10.3. The first-order valence-corrected chi connectivity index (χ1v) is 8.25.